The molecule has 0 radical (unpaired) electrons. The molecule has 0 saturated carbocycles. The molecule has 0 aliphatic carbocycles. The van der Waals surface area contributed by atoms with Crippen molar-refractivity contribution < 1.29 is 4.79 Å². The Kier molecular flexibility index (Phi) is 5.15. The smallest absolute Gasteiger partial charge is 0.176 e. The molecule has 3 rings (SSSR count). The minimum atomic E-state index is 0.0920. The number of hydrogen-bond acceptors (Lipinski definition) is 2. The number of benzene rings is 2. The van der Waals surface area contributed by atoms with Gasteiger partial charge in [0, 0.05) is 17.0 Å². The van der Waals surface area contributed by atoms with E-state index >= 15 is 0 Å². The molecule has 1 heterocycles. The topological polar surface area (TPSA) is 20.3 Å². The van der Waals surface area contributed by atoms with E-state index in [1.165, 1.54) is 18.4 Å². The number of carbonyl (C=O) groups excluding carboxylic acids is 1. The van der Waals surface area contributed by atoms with Crippen molar-refractivity contribution >= 4 is 5.78 Å². The van der Waals surface area contributed by atoms with Gasteiger partial charge in [-0.3, -0.25) is 9.69 Å². The van der Waals surface area contributed by atoms with Crippen LogP contribution in [-0.4, -0.2) is 29.8 Å². The van der Waals surface area contributed by atoms with E-state index in [2.05, 4.69) is 49.1 Å². The van der Waals surface area contributed by atoms with Gasteiger partial charge in [-0.2, -0.15) is 0 Å². The number of likely N-dealkylation sites (tertiary alicyclic amines) is 1. The Morgan fingerprint density at radius 3 is 2.33 bits per heavy atom. The third kappa shape index (κ3) is 3.29. The predicted octanol–water partition coefficient (Wildman–Crippen LogP) is 4.70. The van der Waals surface area contributed by atoms with Crippen LogP contribution in [0, 0.1) is 0 Å². The van der Waals surface area contributed by atoms with Gasteiger partial charge in [0.1, 0.15) is 0 Å². The van der Waals surface area contributed by atoms with E-state index < -0.39 is 0 Å². The van der Waals surface area contributed by atoms with Crippen molar-refractivity contribution in [3.05, 3.63) is 71.8 Å². The largest absolute Gasteiger partial charge is 0.293 e. The summed E-state index contributed by atoms with van der Waals surface area (Å²) in [6.45, 7) is 6.17. The second kappa shape index (κ2) is 7.31. The minimum absolute atomic E-state index is 0.0920. The number of Topliss-reactive ketones (excluding diaryl/α,β-unsaturated/α-hetero) is 1. The molecule has 1 aliphatic rings. The van der Waals surface area contributed by atoms with E-state index in [-0.39, 0.29) is 11.2 Å². The molecule has 0 N–H and O–H groups in total. The fourth-order valence-electron chi connectivity index (χ4n) is 4.09. The first kappa shape index (κ1) is 16.9. The highest BCUT2D eigenvalue weighted by Gasteiger charge is 2.41. The van der Waals surface area contributed by atoms with Gasteiger partial charge in [-0.25, -0.2) is 0 Å². The van der Waals surface area contributed by atoms with E-state index in [0.717, 1.165) is 18.5 Å². The molecular formula is C22H27NO. The lowest BCUT2D eigenvalue weighted by Gasteiger charge is -2.40. The molecule has 0 bridgehead atoms. The molecule has 1 aliphatic heterocycles. The maximum absolute atomic E-state index is 12.7. The highest BCUT2D eigenvalue weighted by molar-refractivity contribution is 5.97. The average Bonchev–Trinajstić information content (AvgIpc) is 3.11. The Morgan fingerprint density at radius 2 is 1.71 bits per heavy atom. The summed E-state index contributed by atoms with van der Waals surface area (Å²) in [5.74, 6) is 0.231. The Labute approximate surface area is 145 Å². The predicted molar refractivity (Wildman–Crippen MR) is 99.5 cm³/mol. The van der Waals surface area contributed by atoms with Crippen LogP contribution in [0.5, 0.6) is 0 Å². The van der Waals surface area contributed by atoms with Gasteiger partial charge in [-0.15, -0.1) is 0 Å². The summed E-state index contributed by atoms with van der Waals surface area (Å²) in [6, 6.07) is 20.9. The van der Waals surface area contributed by atoms with E-state index in [1.807, 2.05) is 30.3 Å². The third-order valence-corrected chi connectivity index (χ3v) is 5.71. The lowest BCUT2D eigenvalue weighted by Crippen LogP contribution is -2.47. The number of hydrogen-bond donors (Lipinski definition) is 0. The van der Waals surface area contributed by atoms with Crippen LogP contribution < -0.4 is 0 Å². The van der Waals surface area contributed by atoms with Crippen molar-refractivity contribution in [2.24, 2.45) is 0 Å². The monoisotopic (exact) mass is 321 g/mol. The zero-order chi connectivity index (χ0) is 17.0. The molecule has 1 unspecified atom stereocenters. The van der Waals surface area contributed by atoms with Gasteiger partial charge in [0.25, 0.3) is 0 Å². The van der Waals surface area contributed by atoms with Crippen LogP contribution in [0.2, 0.25) is 0 Å². The molecule has 0 aromatic heterocycles. The second-order valence-electron chi connectivity index (χ2n) is 7.05. The first-order valence-electron chi connectivity index (χ1n) is 9.03. The molecule has 24 heavy (non-hydrogen) atoms. The van der Waals surface area contributed by atoms with Gasteiger partial charge in [0.05, 0.1) is 6.54 Å². The van der Waals surface area contributed by atoms with E-state index in [0.29, 0.717) is 12.6 Å². The zero-order valence-electron chi connectivity index (χ0n) is 14.7. The summed E-state index contributed by atoms with van der Waals surface area (Å²) in [5, 5.41) is 0. The van der Waals surface area contributed by atoms with Crippen LogP contribution in [0.15, 0.2) is 60.7 Å². The molecule has 0 spiro atoms. The van der Waals surface area contributed by atoms with E-state index in [9.17, 15) is 4.79 Å². The first-order chi connectivity index (χ1) is 11.6. The number of carbonyl (C=O) groups is 1. The lowest BCUT2D eigenvalue weighted by atomic mass is 9.73. The number of nitrogens with zero attached hydrogens (tertiary/aromatic N) is 1. The molecule has 0 amide bonds. The van der Waals surface area contributed by atoms with Crippen molar-refractivity contribution in [1.29, 1.82) is 0 Å². The Bertz CT molecular complexity index is 667. The summed E-state index contributed by atoms with van der Waals surface area (Å²) in [4.78, 5) is 15.1. The zero-order valence-corrected chi connectivity index (χ0v) is 14.7. The molecule has 2 heteroatoms. The van der Waals surface area contributed by atoms with Crippen molar-refractivity contribution in [1.82, 2.24) is 4.90 Å². The van der Waals surface area contributed by atoms with Crippen molar-refractivity contribution in [3.8, 4) is 0 Å². The molecule has 126 valence electrons. The summed E-state index contributed by atoms with van der Waals surface area (Å²) < 4.78 is 0. The SMILES string of the molecule is CC[C@](C)(c1ccccc1)C1CCCN1CC(=O)c1ccccc1. The van der Waals surface area contributed by atoms with Crippen LogP contribution >= 0.6 is 0 Å². The van der Waals surface area contributed by atoms with Crippen LogP contribution in [0.3, 0.4) is 0 Å². The second-order valence-corrected chi connectivity index (χ2v) is 7.05. The van der Waals surface area contributed by atoms with E-state index in [1.54, 1.807) is 0 Å². The molecule has 2 aromatic carbocycles. The van der Waals surface area contributed by atoms with E-state index in [4.69, 9.17) is 0 Å². The fraction of sp³-hybridized carbons (Fsp3) is 0.409. The summed E-state index contributed by atoms with van der Waals surface area (Å²) >= 11 is 0. The highest BCUT2D eigenvalue weighted by Crippen LogP contribution is 2.39. The van der Waals surface area contributed by atoms with Crippen LogP contribution in [0.25, 0.3) is 0 Å². The van der Waals surface area contributed by atoms with Gasteiger partial charge in [-0.1, -0.05) is 74.5 Å². The van der Waals surface area contributed by atoms with Crippen molar-refractivity contribution in [3.63, 3.8) is 0 Å². The van der Waals surface area contributed by atoms with Crippen molar-refractivity contribution in [2.45, 2.75) is 44.6 Å². The molecule has 2 atom stereocenters. The van der Waals surface area contributed by atoms with Crippen LogP contribution in [-0.2, 0) is 5.41 Å². The summed E-state index contributed by atoms with van der Waals surface area (Å²) in [7, 11) is 0. The lowest BCUT2D eigenvalue weighted by molar-refractivity contribution is 0.0878. The average molecular weight is 321 g/mol. The number of rotatable bonds is 6. The summed E-state index contributed by atoms with van der Waals surface area (Å²) in [5.41, 5.74) is 2.30. The Balaban J connectivity index is 1.81. The van der Waals surface area contributed by atoms with Crippen LogP contribution in [0.4, 0.5) is 0 Å². The molecule has 2 nitrogen and oxygen atoms in total. The Morgan fingerprint density at radius 1 is 1.08 bits per heavy atom. The van der Waals surface area contributed by atoms with Gasteiger partial charge in [0.15, 0.2) is 5.78 Å². The quantitative estimate of drug-likeness (QED) is 0.719. The van der Waals surface area contributed by atoms with Gasteiger partial charge in [0.2, 0.25) is 0 Å². The maximum atomic E-state index is 12.7. The van der Waals surface area contributed by atoms with Gasteiger partial charge < -0.3 is 0 Å². The van der Waals surface area contributed by atoms with Gasteiger partial charge in [-0.05, 0) is 31.4 Å². The standard InChI is InChI=1S/C22H27NO/c1-3-22(2,19-13-8-5-9-14-19)21-15-10-16-23(21)17-20(24)18-11-6-4-7-12-18/h4-9,11-14,21H,3,10,15-17H2,1-2H3/t21?,22-/m1/s1. The first-order valence-corrected chi connectivity index (χ1v) is 9.03. The van der Waals surface area contributed by atoms with Crippen molar-refractivity contribution in [2.75, 3.05) is 13.1 Å². The molecule has 1 fully saturated rings. The number of ketones is 1. The Hall–Kier alpha value is -1.93. The highest BCUT2D eigenvalue weighted by atomic mass is 16.1. The minimum Gasteiger partial charge on any atom is -0.293 e. The van der Waals surface area contributed by atoms with Gasteiger partial charge >= 0.3 is 0 Å². The fourth-order valence-corrected chi connectivity index (χ4v) is 4.09. The molecule has 2 aromatic rings. The molecular weight excluding hydrogens is 294 g/mol. The maximum Gasteiger partial charge on any atom is 0.176 e. The normalized spacial score (nSPS) is 20.7. The third-order valence-electron chi connectivity index (χ3n) is 5.71. The van der Waals surface area contributed by atoms with Crippen LogP contribution in [0.1, 0.15) is 49.0 Å². The summed E-state index contributed by atoms with van der Waals surface area (Å²) in [6.07, 6.45) is 3.42. The molecule has 1 saturated heterocycles.